The Labute approximate surface area is 282 Å². The highest BCUT2D eigenvalue weighted by Crippen LogP contribution is 2.39. The first-order valence-corrected chi connectivity index (χ1v) is 17.5. The molecule has 48 heavy (non-hydrogen) atoms. The summed E-state index contributed by atoms with van der Waals surface area (Å²) in [5.41, 5.74) is 3.44. The second kappa shape index (κ2) is 13.8. The summed E-state index contributed by atoms with van der Waals surface area (Å²) in [4.78, 5) is 34.8. The number of rotatable bonds is 9. The van der Waals surface area contributed by atoms with Gasteiger partial charge in [0, 0.05) is 80.9 Å². The fraction of sp³-hybridized carbons (Fsp3) is 0.474. The third-order valence-electron chi connectivity index (χ3n) is 10.8. The van der Waals surface area contributed by atoms with Gasteiger partial charge in [0.1, 0.15) is 17.7 Å². The lowest BCUT2D eigenvalue weighted by molar-refractivity contribution is -0.119. The first-order valence-electron chi connectivity index (χ1n) is 17.5. The molecule has 2 amide bonds. The zero-order valence-electron chi connectivity index (χ0n) is 27.9. The minimum Gasteiger partial charge on any atom is -0.355 e. The molecule has 2 N–H and O–H groups in total. The number of anilines is 4. The Balaban J connectivity index is 0.947. The van der Waals surface area contributed by atoms with E-state index in [0.717, 1.165) is 43.0 Å². The second-order valence-electron chi connectivity index (χ2n) is 14.1. The third kappa shape index (κ3) is 7.05. The van der Waals surface area contributed by atoms with Crippen LogP contribution in [-0.2, 0) is 11.3 Å². The Morgan fingerprint density at radius 3 is 2.17 bits per heavy atom. The normalized spacial score (nSPS) is 23.6. The van der Waals surface area contributed by atoms with Crippen LogP contribution in [0, 0.1) is 17.6 Å². The van der Waals surface area contributed by atoms with E-state index in [4.69, 9.17) is 0 Å². The maximum Gasteiger partial charge on any atom is 0.251 e. The van der Waals surface area contributed by atoms with Crippen LogP contribution >= 0.6 is 0 Å². The molecule has 3 aromatic carbocycles. The van der Waals surface area contributed by atoms with Gasteiger partial charge in [-0.25, -0.2) is 8.78 Å². The standard InChI is InChI=1S/C38H46F2N6O2/c1-25-38(48)43(2)35-17-14-30(22-36(35)46(25)24-32-33(39)4-3-5-34(32)40)41-28-10-8-27(9-11-28)37(47)42-29-12-15-31(16-13-29)45-20-18-44(19-21-45)23-26-6-7-26/h3-5,8-11,14,17,22,25-26,29,31,41H,6-7,12-13,15-16,18-21,23-24H2,1-2H3,(H,42,47)/t25-,29?,31?/m1/s1. The van der Waals surface area contributed by atoms with Crippen LogP contribution in [0.25, 0.3) is 0 Å². The van der Waals surface area contributed by atoms with Crippen molar-refractivity contribution < 1.29 is 18.4 Å². The van der Waals surface area contributed by atoms with E-state index < -0.39 is 17.7 Å². The van der Waals surface area contributed by atoms with Gasteiger partial charge in [0.2, 0.25) is 5.91 Å². The number of fused-ring (bicyclic) bond motifs is 1. The maximum absolute atomic E-state index is 14.6. The van der Waals surface area contributed by atoms with Crippen LogP contribution in [0.5, 0.6) is 0 Å². The third-order valence-corrected chi connectivity index (χ3v) is 10.8. The summed E-state index contributed by atoms with van der Waals surface area (Å²) >= 11 is 0. The fourth-order valence-corrected chi connectivity index (χ4v) is 7.63. The lowest BCUT2D eigenvalue weighted by Crippen LogP contribution is -2.52. The maximum atomic E-state index is 14.6. The average molecular weight is 657 g/mol. The Hall–Kier alpha value is -4.02. The monoisotopic (exact) mass is 656 g/mol. The van der Waals surface area contributed by atoms with Crippen molar-refractivity contribution in [1.82, 2.24) is 15.1 Å². The lowest BCUT2D eigenvalue weighted by atomic mass is 9.89. The number of hydrogen-bond donors (Lipinski definition) is 2. The molecule has 3 fully saturated rings. The number of carbonyl (C=O) groups is 2. The van der Waals surface area contributed by atoms with Gasteiger partial charge in [0.15, 0.2) is 0 Å². The van der Waals surface area contributed by atoms with Crippen molar-refractivity contribution in [1.29, 1.82) is 0 Å². The molecule has 0 spiro atoms. The Bertz CT molecular complexity index is 1610. The molecule has 1 saturated heterocycles. The first kappa shape index (κ1) is 32.5. The molecule has 2 aliphatic heterocycles. The highest BCUT2D eigenvalue weighted by atomic mass is 19.1. The summed E-state index contributed by atoms with van der Waals surface area (Å²) in [6, 6.07) is 17.0. The minimum atomic E-state index is -0.644. The smallest absolute Gasteiger partial charge is 0.251 e. The van der Waals surface area contributed by atoms with Crippen LogP contribution in [0.2, 0.25) is 0 Å². The summed E-state index contributed by atoms with van der Waals surface area (Å²) in [5.74, 6) is -0.537. The van der Waals surface area contributed by atoms with Gasteiger partial charge in [0.25, 0.3) is 5.91 Å². The molecule has 0 radical (unpaired) electrons. The van der Waals surface area contributed by atoms with E-state index in [2.05, 4.69) is 20.4 Å². The van der Waals surface area contributed by atoms with Gasteiger partial charge in [-0.15, -0.1) is 0 Å². The summed E-state index contributed by atoms with van der Waals surface area (Å²) < 4.78 is 29.2. The van der Waals surface area contributed by atoms with Gasteiger partial charge in [0.05, 0.1) is 11.4 Å². The van der Waals surface area contributed by atoms with Crippen LogP contribution in [0.3, 0.4) is 0 Å². The molecule has 4 aliphatic rings. The Morgan fingerprint density at radius 1 is 0.833 bits per heavy atom. The van der Waals surface area contributed by atoms with E-state index in [1.807, 2.05) is 42.5 Å². The van der Waals surface area contributed by atoms with Crippen LogP contribution in [0.4, 0.5) is 31.5 Å². The molecule has 10 heteroatoms. The van der Waals surface area contributed by atoms with Crippen molar-refractivity contribution in [2.24, 2.45) is 5.92 Å². The van der Waals surface area contributed by atoms with E-state index in [1.54, 1.807) is 23.8 Å². The highest BCUT2D eigenvalue weighted by molar-refractivity contribution is 6.05. The fourth-order valence-electron chi connectivity index (χ4n) is 7.63. The van der Waals surface area contributed by atoms with Gasteiger partial charge in [-0.2, -0.15) is 0 Å². The summed E-state index contributed by atoms with van der Waals surface area (Å²) in [6.45, 7) is 7.67. The number of amides is 2. The zero-order chi connectivity index (χ0) is 33.4. The van der Waals surface area contributed by atoms with E-state index >= 15 is 0 Å². The van der Waals surface area contributed by atoms with E-state index in [1.165, 1.54) is 63.8 Å². The average Bonchev–Trinajstić information content (AvgIpc) is 3.92. The molecule has 0 aromatic heterocycles. The number of hydrogen-bond acceptors (Lipinski definition) is 6. The molecular weight excluding hydrogens is 610 g/mol. The molecule has 3 aromatic rings. The lowest BCUT2D eigenvalue weighted by Gasteiger charge is -2.42. The number of nitrogens with zero attached hydrogens (tertiary/aromatic N) is 4. The van der Waals surface area contributed by atoms with Gasteiger partial charge >= 0.3 is 0 Å². The Kier molecular flexibility index (Phi) is 9.38. The van der Waals surface area contributed by atoms with Crippen LogP contribution < -0.4 is 20.4 Å². The van der Waals surface area contributed by atoms with Crippen molar-refractivity contribution in [2.45, 2.75) is 70.1 Å². The van der Waals surface area contributed by atoms with Crippen LogP contribution in [-0.4, -0.2) is 79.5 Å². The number of benzene rings is 3. The van der Waals surface area contributed by atoms with Gasteiger partial charge in [-0.05, 0) is 106 Å². The molecule has 2 saturated carbocycles. The molecular formula is C38H46F2N6O2. The van der Waals surface area contributed by atoms with Gasteiger partial charge in [-0.1, -0.05) is 6.07 Å². The van der Waals surface area contributed by atoms with Gasteiger partial charge in [-0.3, -0.25) is 14.5 Å². The summed E-state index contributed by atoms with van der Waals surface area (Å²) in [7, 11) is 1.71. The number of halogens is 2. The van der Waals surface area contributed by atoms with Crippen molar-refractivity contribution in [2.75, 3.05) is 54.9 Å². The molecule has 8 nitrogen and oxygen atoms in total. The van der Waals surface area contributed by atoms with E-state index in [0.29, 0.717) is 23.0 Å². The second-order valence-corrected chi connectivity index (χ2v) is 14.1. The Morgan fingerprint density at radius 2 is 1.50 bits per heavy atom. The number of likely N-dealkylation sites (N-methyl/N-ethyl adjacent to an activating group) is 1. The number of carbonyl (C=O) groups excluding carboxylic acids is 2. The topological polar surface area (TPSA) is 71.2 Å². The van der Waals surface area contributed by atoms with Crippen molar-refractivity contribution in [3.05, 3.63) is 83.4 Å². The molecule has 0 unspecified atom stereocenters. The summed E-state index contributed by atoms with van der Waals surface area (Å²) in [5, 5.41) is 6.65. The van der Waals surface area contributed by atoms with Crippen molar-refractivity contribution in [3.8, 4) is 0 Å². The SMILES string of the molecule is C[C@@H]1C(=O)N(C)c2ccc(Nc3ccc(C(=O)NC4CCC(N5CCN(CC6CC6)CC5)CC4)cc3)cc2N1Cc1c(F)cccc1F. The first-order chi connectivity index (χ1) is 23.2. The molecule has 2 heterocycles. The van der Waals surface area contributed by atoms with E-state index in [-0.39, 0.29) is 30.0 Å². The molecule has 7 rings (SSSR count). The minimum absolute atomic E-state index is 0.0508. The van der Waals surface area contributed by atoms with E-state index in [9.17, 15) is 18.4 Å². The predicted octanol–water partition coefficient (Wildman–Crippen LogP) is 6.15. The predicted molar refractivity (Wildman–Crippen MR) is 186 cm³/mol. The highest BCUT2D eigenvalue weighted by Gasteiger charge is 2.35. The molecule has 254 valence electrons. The summed E-state index contributed by atoms with van der Waals surface area (Å²) in [6.07, 6.45) is 7.12. The van der Waals surface area contributed by atoms with Crippen molar-refractivity contribution in [3.63, 3.8) is 0 Å². The number of nitrogens with one attached hydrogen (secondary N) is 2. The van der Waals surface area contributed by atoms with Crippen LogP contribution in [0.15, 0.2) is 60.7 Å². The molecule has 1 atom stereocenters. The van der Waals surface area contributed by atoms with Crippen LogP contribution in [0.1, 0.15) is 61.4 Å². The molecule has 2 aliphatic carbocycles. The largest absolute Gasteiger partial charge is 0.355 e. The van der Waals surface area contributed by atoms with Crippen molar-refractivity contribution >= 4 is 34.6 Å². The molecule has 0 bridgehead atoms. The number of piperazine rings is 1. The quantitative estimate of drug-likeness (QED) is 0.288. The zero-order valence-corrected chi connectivity index (χ0v) is 27.9. The van der Waals surface area contributed by atoms with Gasteiger partial charge < -0.3 is 25.3 Å².